The number of aryl methyl sites for hydroxylation is 1. The monoisotopic (exact) mass is 228 g/mol. The zero-order valence-corrected chi connectivity index (χ0v) is 10.1. The molecule has 0 aliphatic carbocycles. The number of nitrogens with one attached hydrogen (secondary N) is 1. The molecule has 0 saturated carbocycles. The Hall–Kier alpha value is -1.68. The Bertz CT molecular complexity index is 544. The molecule has 1 aliphatic rings. The maximum Gasteiger partial charge on any atom is 0.154 e. The highest BCUT2D eigenvalue weighted by Crippen LogP contribution is 2.27. The van der Waals surface area contributed by atoms with E-state index in [0.29, 0.717) is 0 Å². The molecule has 1 aromatic carbocycles. The highest BCUT2D eigenvalue weighted by molar-refractivity contribution is 5.36. The van der Waals surface area contributed by atoms with Gasteiger partial charge in [-0.15, -0.1) is 10.2 Å². The Morgan fingerprint density at radius 1 is 1.29 bits per heavy atom. The Morgan fingerprint density at radius 2 is 2.12 bits per heavy atom. The van der Waals surface area contributed by atoms with Gasteiger partial charge in [0, 0.05) is 13.6 Å². The molecule has 88 valence electrons. The van der Waals surface area contributed by atoms with Gasteiger partial charge in [0.1, 0.15) is 5.82 Å². The Kier molecular flexibility index (Phi) is 2.44. The Morgan fingerprint density at radius 3 is 2.88 bits per heavy atom. The molecule has 0 bridgehead atoms. The first-order chi connectivity index (χ1) is 8.27. The predicted molar refractivity (Wildman–Crippen MR) is 65.7 cm³/mol. The van der Waals surface area contributed by atoms with E-state index in [2.05, 4.69) is 44.3 Å². The maximum absolute atomic E-state index is 4.29. The van der Waals surface area contributed by atoms with E-state index in [1.807, 2.05) is 14.0 Å². The molecule has 4 heteroatoms. The zero-order valence-electron chi connectivity index (χ0n) is 10.1. The number of benzene rings is 1. The number of fused-ring (bicyclic) bond motifs is 1. The van der Waals surface area contributed by atoms with Crippen molar-refractivity contribution >= 4 is 0 Å². The summed E-state index contributed by atoms with van der Waals surface area (Å²) < 4.78 is 2.06. The summed E-state index contributed by atoms with van der Waals surface area (Å²) in [6.07, 6.45) is 1.09. The van der Waals surface area contributed by atoms with Crippen LogP contribution in [0.25, 0.3) is 0 Å². The van der Waals surface area contributed by atoms with Crippen LogP contribution in [0.1, 0.15) is 28.8 Å². The van der Waals surface area contributed by atoms with Crippen LogP contribution < -0.4 is 5.32 Å². The lowest BCUT2D eigenvalue weighted by Crippen LogP contribution is -2.32. The van der Waals surface area contributed by atoms with Crippen molar-refractivity contribution in [2.75, 3.05) is 6.54 Å². The summed E-state index contributed by atoms with van der Waals surface area (Å²) in [5.74, 6) is 1.94. The minimum absolute atomic E-state index is 0.172. The van der Waals surface area contributed by atoms with Crippen LogP contribution in [0.5, 0.6) is 0 Å². The molecule has 2 aromatic rings. The molecule has 1 aromatic heterocycles. The lowest BCUT2D eigenvalue weighted by atomic mass is 9.94. The standard InChI is InChI=1S/C13H16N4/c1-9-15-16-13(17(9)2)12-11-6-4-3-5-10(11)7-8-14-12/h3-6,12,14H,7-8H2,1-2H3. The number of rotatable bonds is 1. The summed E-state index contributed by atoms with van der Waals surface area (Å²) in [5, 5.41) is 11.9. The summed E-state index contributed by atoms with van der Waals surface area (Å²) in [7, 11) is 2.02. The van der Waals surface area contributed by atoms with Gasteiger partial charge in [0.25, 0.3) is 0 Å². The van der Waals surface area contributed by atoms with Crippen LogP contribution in [0, 0.1) is 6.92 Å². The molecule has 1 N–H and O–H groups in total. The van der Waals surface area contributed by atoms with E-state index in [1.165, 1.54) is 11.1 Å². The summed E-state index contributed by atoms with van der Waals surface area (Å²) in [6, 6.07) is 8.74. The summed E-state index contributed by atoms with van der Waals surface area (Å²) in [4.78, 5) is 0. The highest BCUT2D eigenvalue weighted by atomic mass is 15.3. The van der Waals surface area contributed by atoms with Gasteiger partial charge >= 0.3 is 0 Å². The molecule has 1 unspecified atom stereocenters. The molecular formula is C13H16N4. The van der Waals surface area contributed by atoms with E-state index >= 15 is 0 Å². The van der Waals surface area contributed by atoms with Gasteiger partial charge in [-0.05, 0) is 24.5 Å². The van der Waals surface area contributed by atoms with Crippen molar-refractivity contribution < 1.29 is 0 Å². The molecule has 0 amide bonds. The second-order valence-electron chi connectivity index (χ2n) is 4.50. The molecule has 2 heterocycles. The van der Waals surface area contributed by atoms with Crippen molar-refractivity contribution in [1.29, 1.82) is 0 Å². The van der Waals surface area contributed by atoms with Gasteiger partial charge in [0.05, 0.1) is 6.04 Å². The molecule has 17 heavy (non-hydrogen) atoms. The molecular weight excluding hydrogens is 212 g/mol. The van der Waals surface area contributed by atoms with Crippen molar-refractivity contribution in [3.63, 3.8) is 0 Å². The average Bonchev–Trinajstić information content (AvgIpc) is 2.69. The summed E-state index contributed by atoms with van der Waals surface area (Å²) in [6.45, 7) is 2.97. The minimum atomic E-state index is 0.172. The van der Waals surface area contributed by atoms with Crippen LogP contribution in [0.2, 0.25) is 0 Å². The molecule has 0 fully saturated rings. The molecule has 0 radical (unpaired) electrons. The Labute approximate surface area is 101 Å². The fraction of sp³-hybridized carbons (Fsp3) is 0.385. The smallest absolute Gasteiger partial charge is 0.154 e. The molecule has 3 rings (SSSR count). The van der Waals surface area contributed by atoms with Crippen molar-refractivity contribution in [3.05, 3.63) is 47.0 Å². The SMILES string of the molecule is Cc1nnc(C2NCCc3ccccc32)n1C. The predicted octanol–water partition coefficient (Wildman–Crippen LogP) is 1.36. The van der Waals surface area contributed by atoms with E-state index in [9.17, 15) is 0 Å². The van der Waals surface area contributed by atoms with Crippen LogP contribution >= 0.6 is 0 Å². The van der Waals surface area contributed by atoms with Crippen molar-refractivity contribution in [2.45, 2.75) is 19.4 Å². The number of hydrogen-bond acceptors (Lipinski definition) is 3. The second kappa shape index (κ2) is 3.96. The third-order valence-electron chi connectivity index (χ3n) is 3.49. The quantitative estimate of drug-likeness (QED) is 0.801. The first-order valence-electron chi connectivity index (χ1n) is 5.94. The topological polar surface area (TPSA) is 42.7 Å². The fourth-order valence-electron chi connectivity index (χ4n) is 2.41. The van der Waals surface area contributed by atoms with Gasteiger partial charge in [-0.3, -0.25) is 0 Å². The van der Waals surface area contributed by atoms with Crippen molar-refractivity contribution in [2.24, 2.45) is 7.05 Å². The molecule has 1 atom stereocenters. The van der Waals surface area contributed by atoms with Gasteiger partial charge in [-0.1, -0.05) is 24.3 Å². The van der Waals surface area contributed by atoms with Gasteiger partial charge in [0.15, 0.2) is 5.82 Å². The van der Waals surface area contributed by atoms with E-state index in [0.717, 1.165) is 24.6 Å². The molecule has 1 aliphatic heterocycles. The van der Waals surface area contributed by atoms with Gasteiger partial charge in [-0.2, -0.15) is 0 Å². The number of aromatic nitrogens is 3. The van der Waals surface area contributed by atoms with Gasteiger partial charge < -0.3 is 9.88 Å². The van der Waals surface area contributed by atoms with Crippen LogP contribution in [0.3, 0.4) is 0 Å². The molecule has 4 nitrogen and oxygen atoms in total. The van der Waals surface area contributed by atoms with E-state index in [1.54, 1.807) is 0 Å². The van der Waals surface area contributed by atoms with Crippen LogP contribution in [0.15, 0.2) is 24.3 Å². The van der Waals surface area contributed by atoms with E-state index < -0.39 is 0 Å². The summed E-state index contributed by atoms with van der Waals surface area (Å²) in [5.41, 5.74) is 2.74. The first-order valence-corrected chi connectivity index (χ1v) is 5.94. The second-order valence-corrected chi connectivity index (χ2v) is 4.50. The Balaban J connectivity index is 2.09. The molecule has 0 saturated heterocycles. The van der Waals surface area contributed by atoms with Crippen LogP contribution in [-0.2, 0) is 13.5 Å². The maximum atomic E-state index is 4.29. The fourth-order valence-corrected chi connectivity index (χ4v) is 2.41. The third-order valence-corrected chi connectivity index (χ3v) is 3.49. The van der Waals surface area contributed by atoms with Crippen LogP contribution in [-0.4, -0.2) is 21.3 Å². The largest absolute Gasteiger partial charge is 0.317 e. The number of hydrogen-bond donors (Lipinski definition) is 1. The van der Waals surface area contributed by atoms with Gasteiger partial charge in [0.2, 0.25) is 0 Å². The minimum Gasteiger partial charge on any atom is -0.317 e. The van der Waals surface area contributed by atoms with Crippen LogP contribution in [0.4, 0.5) is 0 Å². The third kappa shape index (κ3) is 1.65. The van der Waals surface area contributed by atoms with Crippen molar-refractivity contribution in [1.82, 2.24) is 20.1 Å². The van der Waals surface area contributed by atoms with E-state index in [4.69, 9.17) is 0 Å². The first kappa shape index (κ1) is 10.5. The van der Waals surface area contributed by atoms with Crippen molar-refractivity contribution in [3.8, 4) is 0 Å². The lowest BCUT2D eigenvalue weighted by molar-refractivity contribution is 0.527. The molecule has 0 spiro atoms. The lowest BCUT2D eigenvalue weighted by Gasteiger charge is -2.26. The normalized spacial score (nSPS) is 19.1. The average molecular weight is 228 g/mol. The highest BCUT2D eigenvalue weighted by Gasteiger charge is 2.24. The summed E-state index contributed by atoms with van der Waals surface area (Å²) >= 11 is 0. The number of nitrogens with zero attached hydrogens (tertiary/aromatic N) is 3. The van der Waals surface area contributed by atoms with Gasteiger partial charge in [-0.25, -0.2) is 0 Å². The van der Waals surface area contributed by atoms with E-state index in [-0.39, 0.29) is 6.04 Å². The zero-order chi connectivity index (χ0) is 11.8.